The van der Waals surface area contributed by atoms with Gasteiger partial charge in [-0.05, 0) is 43.2 Å². The molecular weight excluding hydrogens is 234 g/mol. The van der Waals surface area contributed by atoms with Gasteiger partial charge in [0, 0.05) is 19.6 Å². The van der Waals surface area contributed by atoms with E-state index in [1.165, 1.54) is 11.1 Å². The monoisotopic (exact) mass is 259 g/mol. The fourth-order valence-corrected chi connectivity index (χ4v) is 2.92. The fraction of sp³-hybridized carbons (Fsp3) is 0.562. The predicted octanol–water partition coefficient (Wildman–Crippen LogP) is 2.45. The van der Waals surface area contributed by atoms with Crippen LogP contribution >= 0.6 is 0 Å². The van der Waals surface area contributed by atoms with Crippen LogP contribution in [0.2, 0.25) is 0 Å². The van der Waals surface area contributed by atoms with E-state index in [-0.39, 0.29) is 5.41 Å². The van der Waals surface area contributed by atoms with Gasteiger partial charge in [0.1, 0.15) is 0 Å². The SMILES string of the molecule is CCN(CC)C(N)=NCC1(C)Cc2ccccc2C1. The molecule has 0 fully saturated rings. The molecule has 0 saturated heterocycles. The highest BCUT2D eigenvalue weighted by Crippen LogP contribution is 2.36. The third-order valence-electron chi connectivity index (χ3n) is 4.06. The van der Waals surface area contributed by atoms with Crippen LogP contribution in [-0.2, 0) is 12.8 Å². The zero-order valence-electron chi connectivity index (χ0n) is 12.3. The molecule has 3 heteroatoms. The van der Waals surface area contributed by atoms with Crippen LogP contribution in [-0.4, -0.2) is 30.5 Å². The maximum Gasteiger partial charge on any atom is 0.191 e. The van der Waals surface area contributed by atoms with E-state index in [0.717, 1.165) is 32.5 Å². The molecule has 2 N–H and O–H groups in total. The summed E-state index contributed by atoms with van der Waals surface area (Å²) in [5.41, 5.74) is 9.23. The molecular formula is C16H25N3. The zero-order chi connectivity index (χ0) is 13.9. The normalized spacial score (nSPS) is 17.3. The molecule has 19 heavy (non-hydrogen) atoms. The summed E-state index contributed by atoms with van der Waals surface area (Å²) in [7, 11) is 0. The van der Waals surface area contributed by atoms with Crippen LogP contribution in [0.4, 0.5) is 0 Å². The Morgan fingerprint density at radius 1 is 1.21 bits per heavy atom. The van der Waals surface area contributed by atoms with E-state index in [1.807, 2.05) is 0 Å². The average molecular weight is 259 g/mol. The molecule has 1 aliphatic carbocycles. The van der Waals surface area contributed by atoms with Crippen LogP contribution in [0.1, 0.15) is 31.9 Å². The number of guanidine groups is 1. The highest BCUT2D eigenvalue weighted by molar-refractivity contribution is 5.78. The Kier molecular flexibility index (Phi) is 4.13. The van der Waals surface area contributed by atoms with Crippen molar-refractivity contribution in [1.82, 2.24) is 4.90 Å². The first-order chi connectivity index (χ1) is 9.08. The van der Waals surface area contributed by atoms with Gasteiger partial charge in [-0.25, -0.2) is 0 Å². The van der Waals surface area contributed by atoms with E-state index in [9.17, 15) is 0 Å². The molecule has 1 aromatic carbocycles. The summed E-state index contributed by atoms with van der Waals surface area (Å²) in [4.78, 5) is 6.73. The highest BCUT2D eigenvalue weighted by atomic mass is 15.2. The summed E-state index contributed by atoms with van der Waals surface area (Å²) >= 11 is 0. The molecule has 0 radical (unpaired) electrons. The first-order valence-corrected chi connectivity index (χ1v) is 7.19. The molecule has 1 aromatic rings. The molecule has 0 aliphatic heterocycles. The van der Waals surface area contributed by atoms with Crippen molar-refractivity contribution < 1.29 is 0 Å². The Hall–Kier alpha value is -1.51. The van der Waals surface area contributed by atoms with Crippen molar-refractivity contribution in [3.63, 3.8) is 0 Å². The van der Waals surface area contributed by atoms with E-state index < -0.39 is 0 Å². The number of aliphatic imine (C=N–C) groups is 1. The van der Waals surface area contributed by atoms with Gasteiger partial charge in [0.15, 0.2) is 5.96 Å². The Morgan fingerprint density at radius 3 is 2.21 bits per heavy atom. The average Bonchev–Trinajstić information content (AvgIpc) is 2.74. The maximum absolute atomic E-state index is 6.06. The first-order valence-electron chi connectivity index (χ1n) is 7.19. The second kappa shape index (κ2) is 5.64. The molecule has 104 valence electrons. The number of rotatable bonds is 4. The van der Waals surface area contributed by atoms with Gasteiger partial charge in [-0.2, -0.15) is 0 Å². The van der Waals surface area contributed by atoms with Crippen LogP contribution in [0.25, 0.3) is 0 Å². The number of nitrogens with two attached hydrogens (primary N) is 1. The quantitative estimate of drug-likeness (QED) is 0.666. The minimum Gasteiger partial charge on any atom is -0.370 e. The van der Waals surface area contributed by atoms with Crippen molar-refractivity contribution in [2.24, 2.45) is 16.1 Å². The molecule has 0 bridgehead atoms. The summed E-state index contributed by atoms with van der Waals surface area (Å²) < 4.78 is 0. The minimum atomic E-state index is 0.224. The Bertz CT molecular complexity index is 436. The van der Waals surface area contributed by atoms with Crippen LogP contribution in [0.15, 0.2) is 29.3 Å². The van der Waals surface area contributed by atoms with Crippen molar-refractivity contribution in [1.29, 1.82) is 0 Å². The van der Waals surface area contributed by atoms with Crippen LogP contribution in [0.5, 0.6) is 0 Å². The van der Waals surface area contributed by atoms with Gasteiger partial charge in [0.25, 0.3) is 0 Å². The van der Waals surface area contributed by atoms with Crippen LogP contribution < -0.4 is 5.73 Å². The predicted molar refractivity (Wildman–Crippen MR) is 81.4 cm³/mol. The van der Waals surface area contributed by atoms with Gasteiger partial charge in [-0.3, -0.25) is 4.99 Å². The summed E-state index contributed by atoms with van der Waals surface area (Å²) in [6.07, 6.45) is 2.22. The van der Waals surface area contributed by atoms with E-state index in [0.29, 0.717) is 5.96 Å². The second-order valence-corrected chi connectivity index (χ2v) is 5.78. The van der Waals surface area contributed by atoms with Gasteiger partial charge in [-0.15, -0.1) is 0 Å². The molecule has 2 rings (SSSR count). The number of benzene rings is 1. The lowest BCUT2D eigenvalue weighted by atomic mass is 9.87. The van der Waals surface area contributed by atoms with Gasteiger partial charge in [0.05, 0.1) is 0 Å². The summed E-state index contributed by atoms with van der Waals surface area (Å²) in [5, 5.41) is 0. The number of fused-ring (bicyclic) bond motifs is 1. The maximum atomic E-state index is 6.06. The van der Waals surface area contributed by atoms with E-state index in [1.54, 1.807) is 0 Å². The topological polar surface area (TPSA) is 41.6 Å². The van der Waals surface area contributed by atoms with Gasteiger partial charge < -0.3 is 10.6 Å². The number of nitrogens with zero attached hydrogens (tertiary/aromatic N) is 2. The lowest BCUT2D eigenvalue weighted by Crippen LogP contribution is -2.38. The second-order valence-electron chi connectivity index (χ2n) is 5.78. The van der Waals surface area contributed by atoms with Crippen LogP contribution in [0, 0.1) is 5.41 Å². The largest absolute Gasteiger partial charge is 0.370 e. The third kappa shape index (κ3) is 3.09. The first kappa shape index (κ1) is 13.9. The van der Waals surface area contributed by atoms with Crippen molar-refractivity contribution in [2.75, 3.05) is 19.6 Å². The summed E-state index contributed by atoms with van der Waals surface area (Å²) in [6.45, 7) is 9.18. The number of hydrogen-bond acceptors (Lipinski definition) is 1. The molecule has 0 spiro atoms. The fourth-order valence-electron chi connectivity index (χ4n) is 2.92. The highest BCUT2D eigenvalue weighted by Gasteiger charge is 2.32. The molecule has 1 aliphatic rings. The zero-order valence-corrected chi connectivity index (χ0v) is 12.3. The Morgan fingerprint density at radius 2 is 1.74 bits per heavy atom. The molecule has 0 atom stereocenters. The van der Waals surface area contributed by atoms with E-state index in [4.69, 9.17) is 5.73 Å². The van der Waals surface area contributed by atoms with Crippen molar-refractivity contribution in [3.05, 3.63) is 35.4 Å². The van der Waals surface area contributed by atoms with Gasteiger partial charge in [-0.1, -0.05) is 31.2 Å². The third-order valence-corrected chi connectivity index (χ3v) is 4.06. The molecule has 0 aromatic heterocycles. The Labute approximate surface area is 116 Å². The molecule has 0 amide bonds. The van der Waals surface area contributed by atoms with Crippen molar-refractivity contribution >= 4 is 5.96 Å². The summed E-state index contributed by atoms with van der Waals surface area (Å²) in [5.74, 6) is 0.683. The van der Waals surface area contributed by atoms with Crippen molar-refractivity contribution in [2.45, 2.75) is 33.6 Å². The standard InChI is InChI=1S/C16H25N3/c1-4-19(5-2)15(17)18-12-16(3)10-13-8-6-7-9-14(13)11-16/h6-9H,4-5,10-12H2,1-3H3,(H2,17,18). The molecule has 0 heterocycles. The Balaban J connectivity index is 2.03. The van der Waals surface area contributed by atoms with Crippen molar-refractivity contribution in [3.8, 4) is 0 Å². The van der Waals surface area contributed by atoms with Gasteiger partial charge >= 0.3 is 0 Å². The summed E-state index contributed by atoms with van der Waals surface area (Å²) in [6, 6.07) is 8.71. The minimum absolute atomic E-state index is 0.224. The lowest BCUT2D eigenvalue weighted by molar-refractivity contribution is 0.356. The molecule has 3 nitrogen and oxygen atoms in total. The van der Waals surface area contributed by atoms with E-state index >= 15 is 0 Å². The number of hydrogen-bond donors (Lipinski definition) is 1. The van der Waals surface area contributed by atoms with Gasteiger partial charge in [0.2, 0.25) is 0 Å². The molecule has 0 saturated carbocycles. The van der Waals surface area contributed by atoms with Crippen LogP contribution in [0.3, 0.4) is 0 Å². The van der Waals surface area contributed by atoms with E-state index in [2.05, 4.69) is 54.9 Å². The lowest BCUT2D eigenvalue weighted by Gasteiger charge is -2.24. The smallest absolute Gasteiger partial charge is 0.191 e. The molecule has 0 unspecified atom stereocenters.